The maximum absolute atomic E-state index is 12.3. The Hall–Kier alpha value is -8.28. The number of hydrogen-bond acceptors (Lipinski definition) is 13. The molecule has 0 spiro atoms. The molecule has 2 aliphatic heterocycles. The molecule has 115 heavy (non-hydrogen) atoms. The molecular weight excluding hydrogens is 1480 g/mol. The van der Waals surface area contributed by atoms with E-state index < -0.39 is 96.4 Å². The lowest BCUT2D eigenvalue weighted by Gasteiger charge is -2.47. The smallest absolute Gasteiger partial charge is 0.452 e. The Kier molecular flexibility index (Phi) is 30.3. The molecule has 2 aliphatic rings. The average Bonchev–Trinajstić information content (AvgIpc) is 1.54. The van der Waals surface area contributed by atoms with Crippen LogP contribution in [-0.2, 0) is 67.7 Å². The van der Waals surface area contributed by atoms with E-state index in [4.69, 9.17) is 44.3 Å². The first-order chi connectivity index (χ1) is 55.3. The van der Waals surface area contributed by atoms with E-state index in [1.807, 2.05) is 211 Å². The van der Waals surface area contributed by atoms with Gasteiger partial charge in [-0.1, -0.05) is 364 Å². The van der Waals surface area contributed by atoms with Gasteiger partial charge in [-0.25, -0.2) is 0 Å². The molecule has 0 aliphatic carbocycles. The molecule has 2 heterocycles. The Morgan fingerprint density at radius 2 is 0.487 bits per heavy atom. The van der Waals surface area contributed by atoms with Crippen molar-refractivity contribution < 1.29 is 54.5 Å². The molecule has 0 radical (unpaired) electrons. The second-order valence-corrected chi connectivity index (χ2v) is 35.3. The second kappa shape index (κ2) is 39.8. The molecule has 0 amide bonds. The predicted molar refractivity (Wildman–Crippen MR) is 460 cm³/mol. The van der Waals surface area contributed by atoms with Gasteiger partial charge in [-0.15, -0.1) is 0 Å². The van der Waals surface area contributed by atoms with E-state index in [0.29, 0.717) is 35.1 Å². The molecule has 12 aromatic carbocycles. The highest BCUT2D eigenvalue weighted by molar-refractivity contribution is 6.38. The average molecular weight is 1590 g/mol. The Labute approximate surface area is 696 Å². The number of aliphatic hydroxyl groups is 4. The van der Waals surface area contributed by atoms with Gasteiger partial charge in [-0.3, -0.25) is 0 Å². The zero-order valence-electron chi connectivity index (χ0n) is 68.1. The van der Waals surface area contributed by atoms with Crippen LogP contribution in [0.4, 0.5) is 0 Å². The SMILES string of the molecule is CC(C)[O][Al]([O]C(C)C)[O]C(C)C.CC(CC(C)(C)[O][Al]1[O]C(c2ccccc2)(c2ccccc2)C(c2ccccc2)(c2ccccc2)[O]1)[O][Al]1[O]C(c2ccccc2)(c2ccccc2)C(c2ccccc2)(c2ccccc2)[O]1.CC(O)CC(C)(C)O.OC(c1ccccc1)(c1ccccc1)C(O)(c1ccccc1)c1ccccc1. The summed E-state index contributed by atoms with van der Waals surface area (Å²) < 4.78 is 61.2. The summed E-state index contributed by atoms with van der Waals surface area (Å²) in [7, 11) is 0. The maximum atomic E-state index is 12.3. The zero-order chi connectivity index (χ0) is 81.8. The molecule has 592 valence electrons. The molecule has 2 unspecified atom stereocenters. The van der Waals surface area contributed by atoms with Gasteiger partial charge in [-0.05, 0) is 156 Å². The van der Waals surface area contributed by atoms with E-state index in [-0.39, 0.29) is 24.4 Å². The van der Waals surface area contributed by atoms with Gasteiger partial charge in [0.1, 0.15) is 22.4 Å². The van der Waals surface area contributed by atoms with Gasteiger partial charge in [0.15, 0.2) is 11.2 Å². The van der Waals surface area contributed by atoms with E-state index in [9.17, 15) is 10.2 Å². The summed E-state index contributed by atoms with van der Waals surface area (Å²) in [5.74, 6) is 0. The van der Waals surface area contributed by atoms with Crippen molar-refractivity contribution in [1.29, 1.82) is 0 Å². The lowest BCUT2D eigenvalue weighted by atomic mass is 9.66. The van der Waals surface area contributed by atoms with E-state index in [0.717, 1.165) is 44.5 Å². The largest absolute Gasteiger partial charge is 0.907 e. The standard InChI is InChI=1S/C26H22O2.2C26H20O2.C6H14O2.C6H12O2.3C3H7O.3Al/c3*27-25(21-13-5-1-6-14-21,22-15-7-2-8-16-22)26(28,23-17-9-3-10-18-23)24-19-11-4-12-20-24;2*1-5(7)4-6(2,3)8;3*1-3(2)4;;;/h1-20,27-28H;2*1-20H;5,7-8H,4H2,1-3H3;5H,4H2,1-3H3;3*3H,1-2H3;;;/q;2*-2;;-2;3*-1;3*+3. The highest BCUT2D eigenvalue weighted by Crippen LogP contribution is 2.61. The molecule has 0 aromatic heterocycles. The van der Waals surface area contributed by atoms with E-state index in [1.54, 1.807) is 20.8 Å². The molecule has 12 aromatic rings. The fraction of sp³-hybridized carbons (Fsp3) is 0.273. The maximum Gasteiger partial charge on any atom is 0.907 e. The van der Waals surface area contributed by atoms with Crippen LogP contribution in [0.25, 0.3) is 0 Å². The van der Waals surface area contributed by atoms with E-state index >= 15 is 0 Å². The van der Waals surface area contributed by atoms with Gasteiger partial charge >= 0.3 is 45.4 Å². The van der Waals surface area contributed by atoms with Crippen LogP contribution in [0.1, 0.15) is 163 Å². The minimum Gasteiger partial charge on any atom is -0.452 e. The quantitative estimate of drug-likeness (QED) is 0.0360. The Morgan fingerprint density at radius 3 is 0.661 bits per heavy atom. The van der Waals surface area contributed by atoms with Crippen molar-refractivity contribution in [2.45, 2.75) is 171 Å². The van der Waals surface area contributed by atoms with Crippen molar-refractivity contribution in [3.63, 3.8) is 0 Å². The predicted octanol–water partition coefficient (Wildman–Crippen LogP) is 20.0. The van der Waals surface area contributed by atoms with Crippen molar-refractivity contribution in [2.24, 2.45) is 0 Å². The number of benzene rings is 12. The zero-order valence-corrected chi connectivity index (χ0v) is 71.6. The third-order valence-corrected chi connectivity index (χ3v) is 26.3. The number of rotatable bonds is 27. The van der Waals surface area contributed by atoms with Crippen molar-refractivity contribution in [1.82, 2.24) is 0 Å². The Morgan fingerprint density at radius 1 is 0.296 bits per heavy atom. The summed E-state index contributed by atoms with van der Waals surface area (Å²) in [4.78, 5) is 0. The van der Waals surface area contributed by atoms with Crippen LogP contribution < -0.4 is 0 Å². The van der Waals surface area contributed by atoms with Crippen LogP contribution in [0, 0.1) is 0 Å². The summed E-state index contributed by atoms with van der Waals surface area (Å²) in [6, 6.07) is 121. The highest BCUT2D eigenvalue weighted by atomic mass is 27.3. The minimum absolute atomic E-state index is 0.175. The van der Waals surface area contributed by atoms with Gasteiger partial charge < -0.3 is 54.5 Å². The first-order valence-electron chi connectivity index (χ1n) is 39.8. The second-order valence-electron chi connectivity index (χ2n) is 31.3. The van der Waals surface area contributed by atoms with Crippen LogP contribution in [0.5, 0.6) is 0 Å². The summed E-state index contributed by atoms with van der Waals surface area (Å²) >= 11 is -7.96. The van der Waals surface area contributed by atoms with Crippen LogP contribution in [0.2, 0.25) is 0 Å². The topological polar surface area (TPSA) is 164 Å². The number of aliphatic hydroxyl groups excluding tert-OH is 1. The molecule has 13 nitrogen and oxygen atoms in total. The molecule has 0 saturated carbocycles. The molecule has 4 N–H and O–H groups in total. The normalized spacial score (nSPS) is 15.5. The Bertz CT molecular complexity index is 4260. The molecule has 16 heteroatoms. The third kappa shape index (κ3) is 20.1. The van der Waals surface area contributed by atoms with Gasteiger partial charge in [-0.2, -0.15) is 0 Å². The van der Waals surface area contributed by atoms with E-state index in [1.165, 1.54) is 0 Å². The van der Waals surface area contributed by atoms with E-state index in [2.05, 4.69) is 215 Å². The monoisotopic (exact) mass is 1590 g/mol. The third-order valence-electron chi connectivity index (χ3n) is 20.3. The van der Waals surface area contributed by atoms with Gasteiger partial charge in [0, 0.05) is 36.4 Å². The lowest BCUT2D eigenvalue weighted by molar-refractivity contribution is -0.113. The lowest BCUT2D eigenvalue weighted by Crippen LogP contribution is -2.51. The van der Waals surface area contributed by atoms with Crippen LogP contribution in [0.15, 0.2) is 364 Å². The van der Waals surface area contributed by atoms with Crippen molar-refractivity contribution in [3.05, 3.63) is 431 Å². The van der Waals surface area contributed by atoms with Crippen LogP contribution in [-0.4, -0.2) is 108 Å². The highest BCUT2D eigenvalue weighted by Gasteiger charge is 2.71. The molecule has 14 rings (SSSR count). The van der Waals surface area contributed by atoms with Crippen molar-refractivity contribution in [2.75, 3.05) is 0 Å². The summed E-state index contributed by atoms with van der Waals surface area (Å²) in [6.45, 7) is 23.3. The molecule has 0 bridgehead atoms. The fourth-order valence-electron chi connectivity index (χ4n) is 15.9. The molecule has 2 atom stereocenters. The fourth-order valence-corrected chi connectivity index (χ4v) is 21.7. The van der Waals surface area contributed by atoms with Crippen LogP contribution in [0.3, 0.4) is 0 Å². The minimum atomic E-state index is -3.05. The van der Waals surface area contributed by atoms with Gasteiger partial charge in [0.2, 0.25) is 0 Å². The summed E-state index contributed by atoms with van der Waals surface area (Å²) in [6.07, 6.45) is 0.708. The van der Waals surface area contributed by atoms with Crippen LogP contribution >= 0.6 is 0 Å². The summed E-state index contributed by atoms with van der Waals surface area (Å²) in [5.41, 5.74) is 0.958. The molecular formula is C99H109Al3O13. The van der Waals surface area contributed by atoms with Gasteiger partial charge in [0.05, 0.1) is 11.7 Å². The first-order valence-corrected chi connectivity index (χ1v) is 44.1. The van der Waals surface area contributed by atoms with Crippen molar-refractivity contribution in [3.8, 4) is 0 Å². The Balaban J connectivity index is 0.000000216. The molecule has 2 fully saturated rings. The number of hydrogen-bond donors (Lipinski definition) is 4. The first kappa shape index (κ1) is 87.6. The van der Waals surface area contributed by atoms with Crippen molar-refractivity contribution >= 4 is 45.4 Å². The molecule has 2 saturated heterocycles. The van der Waals surface area contributed by atoms with Gasteiger partial charge in [0.25, 0.3) is 0 Å². The summed E-state index contributed by atoms with van der Waals surface area (Å²) in [5, 5.41) is 42.4.